The highest BCUT2D eigenvalue weighted by molar-refractivity contribution is 5.97. The molecule has 1 aliphatic heterocycles. The van der Waals surface area contributed by atoms with Gasteiger partial charge in [0.25, 0.3) is 5.91 Å². The Labute approximate surface area is 117 Å². The summed E-state index contributed by atoms with van der Waals surface area (Å²) in [5, 5.41) is 0. The number of nitrogens with zero attached hydrogens (tertiary/aromatic N) is 3. The molecule has 0 radical (unpaired) electrons. The van der Waals surface area contributed by atoms with Crippen molar-refractivity contribution in [2.45, 2.75) is 6.42 Å². The smallest absolute Gasteiger partial charge is 0.269 e. The zero-order chi connectivity index (χ0) is 13.9. The highest BCUT2D eigenvalue weighted by Crippen LogP contribution is 2.13. The first-order valence-electron chi connectivity index (χ1n) is 6.81. The SMILES string of the molecule is NC(=O)c1nc(CCN2CCOCC2)n2ccccc12. The lowest BCUT2D eigenvalue weighted by atomic mass is 10.3. The van der Waals surface area contributed by atoms with Gasteiger partial charge in [-0.2, -0.15) is 0 Å². The number of pyridine rings is 1. The minimum absolute atomic E-state index is 0.350. The van der Waals surface area contributed by atoms with Gasteiger partial charge in [0.1, 0.15) is 5.82 Å². The summed E-state index contributed by atoms with van der Waals surface area (Å²) in [7, 11) is 0. The van der Waals surface area contributed by atoms with Gasteiger partial charge in [-0.1, -0.05) is 6.07 Å². The number of hydrogen-bond donors (Lipinski definition) is 1. The number of imidazole rings is 1. The molecule has 1 fully saturated rings. The molecule has 1 amide bonds. The molecule has 2 aromatic rings. The van der Waals surface area contributed by atoms with Crippen molar-refractivity contribution in [1.29, 1.82) is 0 Å². The lowest BCUT2D eigenvalue weighted by Crippen LogP contribution is -2.37. The van der Waals surface area contributed by atoms with Crippen LogP contribution < -0.4 is 5.73 Å². The van der Waals surface area contributed by atoms with Crippen molar-refractivity contribution < 1.29 is 9.53 Å². The Morgan fingerprint density at radius 3 is 2.90 bits per heavy atom. The van der Waals surface area contributed by atoms with Gasteiger partial charge in [-0.05, 0) is 12.1 Å². The van der Waals surface area contributed by atoms with Crippen LogP contribution in [0.25, 0.3) is 5.52 Å². The van der Waals surface area contributed by atoms with E-state index in [-0.39, 0.29) is 0 Å². The zero-order valence-electron chi connectivity index (χ0n) is 11.3. The van der Waals surface area contributed by atoms with Crippen molar-refractivity contribution >= 4 is 11.4 Å². The van der Waals surface area contributed by atoms with Gasteiger partial charge in [0.15, 0.2) is 5.69 Å². The summed E-state index contributed by atoms with van der Waals surface area (Å²) in [5.74, 6) is 0.396. The summed E-state index contributed by atoms with van der Waals surface area (Å²) in [6.45, 7) is 4.39. The van der Waals surface area contributed by atoms with Crippen LogP contribution >= 0.6 is 0 Å². The highest BCUT2D eigenvalue weighted by Gasteiger charge is 2.16. The van der Waals surface area contributed by atoms with Crippen LogP contribution in [0.15, 0.2) is 24.4 Å². The third-order valence-electron chi connectivity index (χ3n) is 3.61. The third-order valence-corrected chi connectivity index (χ3v) is 3.61. The second-order valence-corrected chi connectivity index (χ2v) is 4.90. The van der Waals surface area contributed by atoms with Gasteiger partial charge in [-0.3, -0.25) is 9.69 Å². The first kappa shape index (κ1) is 13.1. The van der Waals surface area contributed by atoms with Crippen LogP contribution in [0.5, 0.6) is 0 Å². The predicted octanol–water partition coefficient (Wildman–Crippen LogP) is 0.308. The maximum Gasteiger partial charge on any atom is 0.269 e. The molecule has 3 rings (SSSR count). The third kappa shape index (κ3) is 2.52. The van der Waals surface area contributed by atoms with Gasteiger partial charge in [-0.15, -0.1) is 0 Å². The van der Waals surface area contributed by atoms with E-state index in [9.17, 15) is 4.79 Å². The normalized spacial score (nSPS) is 16.6. The quantitative estimate of drug-likeness (QED) is 0.871. The lowest BCUT2D eigenvalue weighted by molar-refractivity contribution is 0.0382. The summed E-state index contributed by atoms with van der Waals surface area (Å²) in [5.41, 5.74) is 6.52. The molecule has 0 aromatic carbocycles. The Bertz CT molecular complexity index is 617. The molecule has 0 unspecified atom stereocenters. The van der Waals surface area contributed by atoms with Crippen LogP contribution in [0.4, 0.5) is 0 Å². The Morgan fingerprint density at radius 1 is 1.35 bits per heavy atom. The number of carbonyl (C=O) groups excluding carboxylic acids is 1. The summed E-state index contributed by atoms with van der Waals surface area (Å²) >= 11 is 0. The fourth-order valence-corrected chi connectivity index (χ4v) is 2.54. The molecule has 1 saturated heterocycles. The molecule has 6 nitrogen and oxygen atoms in total. The number of morpholine rings is 1. The highest BCUT2D eigenvalue weighted by atomic mass is 16.5. The lowest BCUT2D eigenvalue weighted by Gasteiger charge is -2.26. The minimum Gasteiger partial charge on any atom is -0.379 e. The van der Waals surface area contributed by atoms with Gasteiger partial charge in [0.05, 0.1) is 18.7 Å². The van der Waals surface area contributed by atoms with Crippen molar-refractivity contribution in [3.63, 3.8) is 0 Å². The summed E-state index contributed by atoms with van der Waals surface area (Å²) in [6.07, 6.45) is 2.71. The Kier molecular flexibility index (Phi) is 3.66. The van der Waals surface area contributed by atoms with E-state index in [1.165, 1.54) is 0 Å². The number of hydrogen-bond acceptors (Lipinski definition) is 4. The number of nitrogens with two attached hydrogens (primary N) is 1. The van der Waals surface area contributed by atoms with Crippen molar-refractivity contribution in [2.24, 2.45) is 5.73 Å². The number of aromatic nitrogens is 2. The van der Waals surface area contributed by atoms with Crippen molar-refractivity contribution in [3.05, 3.63) is 35.9 Å². The van der Waals surface area contributed by atoms with Crippen LogP contribution in [0.3, 0.4) is 0 Å². The number of rotatable bonds is 4. The predicted molar refractivity (Wildman–Crippen MR) is 74.7 cm³/mol. The molecule has 3 heterocycles. The summed E-state index contributed by atoms with van der Waals surface area (Å²) in [6, 6.07) is 5.68. The van der Waals surface area contributed by atoms with Crippen molar-refractivity contribution in [3.8, 4) is 0 Å². The Balaban J connectivity index is 1.82. The van der Waals surface area contributed by atoms with Crippen molar-refractivity contribution in [1.82, 2.24) is 14.3 Å². The molecule has 20 heavy (non-hydrogen) atoms. The maximum absolute atomic E-state index is 11.5. The topological polar surface area (TPSA) is 72.9 Å². The molecule has 2 N–H and O–H groups in total. The van der Waals surface area contributed by atoms with Gasteiger partial charge >= 0.3 is 0 Å². The molecule has 106 valence electrons. The van der Waals surface area contributed by atoms with Gasteiger partial charge in [0, 0.05) is 32.3 Å². The van der Waals surface area contributed by atoms with E-state index >= 15 is 0 Å². The van der Waals surface area contributed by atoms with Gasteiger partial charge in [-0.25, -0.2) is 4.98 Å². The largest absolute Gasteiger partial charge is 0.379 e. The molecule has 0 saturated carbocycles. The molecule has 0 bridgehead atoms. The summed E-state index contributed by atoms with van der Waals surface area (Å²) < 4.78 is 7.28. The van der Waals surface area contributed by atoms with E-state index in [0.717, 1.165) is 50.6 Å². The van der Waals surface area contributed by atoms with Crippen LogP contribution in [0.1, 0.15) is 16.3 Å². The Morgan fingerprint density at radius 2 is 2.15 bits per heavy atom. The van der Waals surface area contributed by atoms with E-state index in [4.69, 9.17) is 10.5 Å². The average Bonchev–Trinajstić information content (AvgIpc) is 2.85. The number of carbonyl (C=O) groups is 1. The van der Waals surface area contributed by atoms with E-state index in [1.54, 1.807) is 0 Å². The van der Waals surface area contributed by atoms with E-state index in [2.05, 4.69) is 9.88 Å². The molecule has 0 spiro atoms. The van der Waals surface area contributed by atoms with Crippen molar-refractivity contribution in [2.75, 3.05) is 32.8 Å². The monoisotopic (exact) mass is 274 g/mol. The molecule has 6 heteroatoms. The number of fused-ring (bicyclic) bond motifs is 1. The van der Waals surface area contributed by atoms with E-state index in [1.807, 2.05) is 28.8 Å². The summed E-state index contributed by atoms with van der Waals surface area (Å²) in [4.78, 5) is 18.2. The van der Waals surface area contributed by atoms with Crippen LogP contribution in [0.2, 0.25) is 0 Å². The molecule has 1 aliphatic rings. The van der Waals surface area contributed by atoms with E-state index < -0.39 is 5.91 Å². The van der Waals surface area contributed by atoms with Crippen LogP contribution in [-0.4, -0.2) is 53.0 Å². The van der Waals surface area contributed by atoms with Crippen LogP contribution in [-0.2, 0) is 11.2 Å². The molecular weight excluding hydrogens is 256 g/mol. The second-order valence-electron chi connectivity index (χ2n) is 4.90. The number of ether oxygens (including phenoxy) is 1. The first-order chi connectivity index (χ1) is 9.75. The Hall–Kier alpha value is -1.92. The average molecular weight is 274 g/mol. The van der Waals surface area contributed by atoms with Gasteiger partial charge in [0.2, 0.25) is 0 Å². The number of amides is 1. The van der Waals surface area contributed by atoms with Gasteiger partial charge < -0.3 is 14.9 Å². The molecule has 2 aromatic heterocycles. The fourth-order valence-electron chi connectivity index (χ4n) is 2.54. The number of primary amides is 1. The standard InChI is InChI=1S/C14H18N4O2/c15-14(19)13-11-3-1-2-5-18(11)12(16-13)4-6-17-7-9-20-10-8-17/h1-3,5H,4,6-10H2,(H2,15,19). The second kappa shape index (κ2) is 5.60. The van der Waals surface area contributed by atoms with E-state index in [0.29, 0.717) is 5.69 Å². The zero-order valence-corrected chi connectivity index (χ0v) is 11.3. The minimum atomic E-state index is -0.480. The van der Waals surface area contributed by atoms with Crippen LogP contribution in [0, 0.1) is 0 Å². The fraction of sp³-hybridized carbons (Fsp3) is 0.429. The first-order valence-corrected chi connectivity index (χ1v) is 6.81. The molecule has 0 aliphatic carbocycles. The molecule has 0 atom stereocenters. The maximum atomic E-state index is 11.5. The molecular formula is C14H18N4O2.